The lowest BCUT2D eigenvalue weighted by molar-refractivity contribution is -0.139. The Labute approximate surface area is 122 Å². The summed E-state index contributed by atoms with van der Waals surface area (Å²) in [5.41, 5.74) is 0. The van der Waals surface area contributed by atoms with Gasteiger partial charge in [-0.25, -0.2) is 0 Å². The van der Waals surface area contributed by atoms with Crippen LogP contribution in [0.3, 0.4) is 0 Å². The van der Waals surface area contributed by atoms with Gasteiger partial charge < -0.3 is 9.64 Å². The number of halogens is 2. The molecule has 0 spiro atoms. The van der Waals surface area contributed by atoms with Gasteiger partial charge in [0.2, 0.25) is 5.91 Å². The number of ether oxygens (including phenoxy) is 1. The Morgan fingerprint density at radius 2 is 1.95 bits per heavy atom. The van der Waals surface area contributed by atoms with Crippen LogP contribution in [-0.2, 0) is 9.59 Å². The van der Waals surface area contributed by atoms with Crippen molar-refractivity contribution in [2.45, 2.75) is 6.92 Å². The van der Waals surface area contributed by atoms with Crippen molar-refractivity contribution in [3.63, 3.8) is 0 Å². The quantitative estimate of drug-likeness (QED) is 0.786. The van der Waals surface area contributed by atoms with Gasteiger partial charge in [0.15, 0.2) is 5.78 Å². The minimum atomic E-state index is -0.735. The lowest BCUT2D eigenvalue weighted by Gasteiger charge is -2.16. The summed E-state index contributed by atoms with van der Waals surface area (Å²) >= 11 is 11.7. The first kappa shape index (κ1) is 15.8. The van der Waals surface area contributed by atoms with Crippen LogP contribution >= 0.6 is 23.2 Å². The van der Waals surface area contributed by atoms with Gasteiger partial charge in [-0.15, -0.1) is 0 Å². The largest absolute Gasteiger partial charge is 0.484 e. The second kappa shape index (κ2) is 6.78. The van der Waals surface area contributed by atoms with E-state index in [2.05, 4.69) is 0 Å². The second-order valence-corrected chi connectivity index (χ2v) is 5.13. The number of hydrogen-bond acceptors (Lipinski definition) is 3. The number of amides is 1. The molecule has 0 saturated carbocycles. The lowest BCUT2D eigenvalue weighted by Crippen LogP contribution is -2.34. The van der Waals surface area contributed by atoms with Gasteiger partial charge in [-0.3, -0.25) is 9.59 Å². The molecular weight excluding hydrogens is 289 g/mol. The van der Waals surface area contributed by atoms with Crippen LogP contribution in [0, 0.1) is 5.92 Å². The molecular formula is C13H15Cl2NO3. The molecule has 0 N–H and O–H groups in total. The molecule has 104 valence electrons. The molecule has 1 unspecified atom stereocenters. The standard InChI is InChI=1S/C13H15Cl2NO3/c1-8(13(18)16(2)3)11(17)7-19-12-5-4-9(14)6-10(12)15/h4-6,8H,7H2,1-3H3. The maximum atomic E-state index is 11.8. The van der Waals surface area contributed by atoms with E-state index >= 15 is 0 Å². The Morgan fingerprint density at radius 1 is 1.32 bits per heavy atom. The fourth-order valence-corrected chi connectivity index (χ4v) is 1.85. The van der Waals surface area contributed by atoms with Crippen LogP contribution in [0.25, 0.3) is 0 Å². The monoisotopic (exact) mass is 303 g/mol. The van der Waals surface area contributed by atoms with E-state index in [1.165, 1.54) is 11.0 Å². The Kier molecular flexibility index (Phi) is 5.63. The van der Waals surface area contributed by atoms with E-state index in [1.807, 2.05) is 0 Å². The van der Waals surface area contributed by atoms with Crippen molar-refractivity contribution in [1.82, 2.24) is 4.90 Å². The average Bonchev–Trinajstić information content (AvgIpc) is 2.35. The van der Waals surface area contributed by atoms with Gasteiger partial charge in [0.25, 0.3) is 0 Å². The first-order valence-electron chi connectivity index (χ1n) is 5.64. The molecule has 0 radical (unpaired) electrons. The molecule has 0 heterocycles. The van der Waals surface area contributed by atoms with Crippen molar-refractivity contribution in [2.24, 2.45) is 5.92 Å². The number of benzene rings is 1. The molecule has 6 heteroatoms. The minimum Gasteiger partial charge on any atom is -0.484 e. The van der Waals surface area contributed by atoms with Crippen LogP contribution in [0.5, 0.6) is 5.75 Å². The van der Waals surface area contributed by atoms with E-state index in [0.717, 1.165) is 0 Å². The zero-order chi connectivity index (χ0) is 14.6. The molecule has 0 aliphatic rings. The normalized spacial score (nSPS) is 11.8. The summed E-state index contributed by atoms with van der Waals surface area (Å²) < 4.78 is 5.29. The van der Waals surface area contributed by atoms with Gasteiger partial charge in [0.1, 0.15) is 12.4 Å². The fourth-order valence-electron chi connectivity index (χ4n) is 1.39. The zero-order valence-electron chi connectivity index (χ0n) is 10.9. The Balaban J connectivity index is 2.61. The first-order valence-corrected chi connectivity index (χ1v) is 6.40. The fraction of sp³-hybridized carbons (Fsp3) is 0.385. The second-order valence-electron chi connectivity index (χ2n) is 4.28. The van der Waals surface area contributed by atoms with E-state index in [9.17, 15) is 9.59 Å². The Hall–Kier alpha value is -1.26. The summed E-state index contributed by atoms with van der Waals surface area (Å²) in [6, 6.07) is 4.72. The molecule has 0 saturated heterocycles. The third-order valence-electron chi connectivity index (χ3n) is 2.56. The number of ketones is 1. The molecule has 1 aromatic carbocycles. The molecule has 1 rings (SSSR count). The molecule has 1 amide bonds. The van der Waals surface area contributed by atoms with Crippen molar-refractivity contribution >= 4 is 34.9 Å². The highest BCUT2D eigenvalue weighted by atomic mass is 35.5. The minimum absolute atomic E-state index is 0.206. The van der Waals surface area contributed by atoms with Crippen molar-refractivity contribution in [1.29, 1.82) is 0 Å². The number of Topliss-reactive ketones (excluding diaryl/α,β-unsaturated/α-hetero) is 1. The van der Waals surface area contributed by atoms with Gasteiger partial charge >= 0.3 is 0 Å². The van der Waals surface area contributed by atoms with Crippen LogP contribution in [0.15, 0.2) is 18.2 Å². The molecule has 0 fully saturated rings. The number of carbonyl (C=O) groups is 2. The summed E-state index contributed by atoms with van der Waals surface area (Å²) in [6.07, 6.45) is 0. The predicted molar refractivity (Wildman–Crippen MR) is 74.8 cm³/mol. The van der Waals surface area contributed by atoms with Gasteiger partial charge in [-0.2, -0.15) is 0 Å². The zero-order valence-corrected chi connectivity index (χ0v) is 12.5. The average molecular weight is 304 g/mol. The number of nitrogens with zero attached hydrogens (tertiary/aromatic N) is 1. The molecule has 0 aliphatic heterocycles. The summed E-state index contributed by atoms with van der Waals surface area (Å²) in [6.45, 7) is 1.35. The van der Waals surface area contributed by atoms with Crippen molar-refractivity contribution in [3.8, 4) is 5.75 Å². The number of hydrogen-bond donors (Lipinski definition) is 0. The highest BCUT2D eigenvalue weighted by Crippen LogP contribution is 2.27. The third kappa shape index (κ3) is 4.40. The number of rotatable bonds is 5. The summed E-state index contributed by atoms with van der Waals surface area (Å²) in [7, 11) is 3.20. The van der Waals surface area contributed by atoms with E-state index in [4.69, 9.17) is 27.9 Å². The van der Waals surface area contributed by atoms with Crippen molar-refractivity contribution < 1.29 is 14.3 Å². The summed E-state index contributed by atoms with van der Waals surface area (Å²) in [4.78, 5) is 24.8. The summed E-state index contributed by atoms with van der Waals surface area (Å²) in [5, 5.41) is 0.812. The maximum Gasteiger partial charge on any atom is 0.232 e. The van der Waals surface area contributed by atoms with Crippen LogP contribution in [0.1, 0.15) is 6.92 Å². The van der Waals surface area contributed by atoms with E-state index in [1.54, 1.807) is 33.2 Å². The van der Waals surface area contributed by atoms with Gasteiger partial charge in [-0.1, -0.05) is 23.2 Å². The van der Waals surface area contributed by atoms with Crippen molar-refractivity contribution in [3.05, 3.63) is 28.2 Å². The highest BCUT2D eigenvalue weighted by Gasteiger charge is 2.23. The first-order chi connectivity index (χ1) is 8.82. The van der Waals surface area contributed by atoms with Crippen molar-refractivity contribution in [2.75, 3.05) is 20.7 Å². The predicted octanol–water partition coefficient (Wildman–Crippen LogP) is 2.67. The molecule has 1 aromatic rings. The van der Waals surface area contributed by atoms with Crippen LogP contribution in [0.2, 0.25) is 10.0 Å². The molecule has 1 atom stereocenters. The van der Waals surface area contributed by atoms with Gasteiger partial charge in [0.05, 0.1) is 10.9 Å². The van der Waals surface area contributed by atoms with Crippen LogP contribution in [0.4, 0.5) is 0 Å². The van der Waals surface area contributed by atoms with Crippen LogP contribution < -0.4 is 4.74 Å². The number of carbonyl (C=O) groups excluding carboxylic acids is 2. The molecule has 0 bridgehead atoms. The lowest BCUT2D eigenvalue weighted by atomic mass is 10.1. The Bertz CT molecular complexity index is 489. The van der Waals surface area contributed by atoms with E-state index in [0.29, 0.717) is 15.8 Å². The van der Waals surface area contributed by atoms with Gasteiger partial charge in [0, 0.05) is 19.1 Å². The molecule has 0 aliphatic carbocycles. The topological polar surface area (TPSA) is 46.6 Å². The van der Waals surface area contributed by atoms with Crippen LogP contribution in [-0.4, -0.2) is 37.3 Å². The SMILES string of the molecule is CC(C(=O)COc1ccc(Cl)cc1Cl)C(=O)N(C)C. The maximum absolute atomic E-state index is 11.8. The molecule has 4 nitrogen and oxygen atoms in total. The molecule has 19 heavy (non-hydrogen) atoms. The van der Waals surface area contributed by atoms with Gasteiger partial charge in [-0.05, 0) is 25.1 Å². The smallest absolute Gasteiger partial charge is 0.232 e. The van der Waals surface area contributed by atoms with E-state index < -0.39 is 5.92 Å². The third-order valence-corrected chi connectivity index (χ3v) is 3.09. The summed E-state index contributed by atoms with van der Waals surface area (Å²) in [5.74, 6) is -0.925. The van der Waals surface area contributed by atoms with E-state index in [-0.39, 0.29) is 18.3 Å². The Morgan fingerprint density at radius 3 is 2.47 bits per heavy atom. The highest BCUT2D eigenvalue weighted by molar-refractivity contribution is 6.35. The molecule has 0 aromatic heterocycles.